The molecule has 4 heteroatoms. The zero-order valence-corrected chi connectivity index (χ0v) is 26.5. The van der Waals surface area contributed by atoms with Crippen LogP contribution in [0.3, 0.4) is 0 Å². The molecule has 0 saturated heterocycles. The molecule has 0 spiro atoms. The molecule has 0 fully saturated rings. The Kier molecular flexibility index (Phi) is 5.26. The van der Waals surface area contributed by atoms with Gasteiger partial charge in [0.25, 0.3) is 0 Å². The van der Waals surface area contributed by atoms with E-state index in [4.69, 9.17) is 9.97 Å². The quantitative estimate of drug-likeness (QED) is 0.195. The molecule has 8 aromatic carbocycles. The summed E-state index contributed by atoms with van der Waals surface area (Å²) in [4.78, 5) is 10.5. The summed E-state index contributed by atoms with van der Waals surface area (Å²) >= 11 is 1.89. The summed E-state index contributed by atoms with van der Waals surface area (Å²) < 4.78 is 5.11. The van der Waals surface area contributed by atoms with Crippen LogP contribution in [0.25, 0.3) is 103 Å². The molecule has 0 atom stereocenters. The third-order valence-electron chi connectivity index (χ3n) is 9.94. The van der Waals surface area contributed by atoms with Crippen molar-refractivity contribution in [1.82, 2.24) is 14.5 Å². The first-order valence-electron chi connectivity index (χ1n) is 16.3. The first-order valence-corrected chi connectivity index (χ1v) is 17.1. The maximum absolute atomic E-state index is 5.28. The average molecular weight is 628 g/mol. The first-order chi connectivity index (χ1) is 23.8. The number of nitrogens with zero attached hydrogens (tertiary/aromatic N) is 3. The van der Waals surface area contributed by atoms with Gasteiger partial charge in [-0.2, -0.15) is 0 Å². The van der Waals surface area contributed by atoms with Crippen molar-refractivity contribution in [2.75, 3.05) is 0 Å². The van der Waals surface area contributed by atoms with Gasteiger partial charge in [-0.15, -0.1) is 11.3 Å². The summed E-state index contributed by atoms with van der Waals surface area (Å²) in [6.45, 7) is 0. The molecule has 0 aliphatic heterocycles. The van der Waals surface area contributed by atoms with Crippen LogP contribution in [0.1, 0.15) is 0 Å². The van der Waals surface area contributed by atoms with Crippen molar-refractivity contribution < 1.29 is 0 Å². The van der Waals surface area contributed by atoms with Crippen LogP contribution in [0, 0.1) is 0 Å². The van der Waals surface area contributed by atoms with E-state index in [1.54, 1.807) is 0 Å². The number of hydrogen-bond acceptors (Lipinski definition) is 3. The highest BCUT2D eigenvalue weighted by Gasteiger charge is 2.23. The monoisotopic (exact) mass is 627 g/mol. The molecule has 3 nitrogen and oxygen atoms in total. The molecule has 0 radical (unpaired) electrons. The van der Waals surface area contributed by atoms with Crippen LogP contribution >= 0.6 is 11.3 Å². The van der Waals surface area contributed by atoms with Crippen molar-refractivity contribution in [3.05, 3.63) is 152 Å². The smallest absolute Gasteiger partial charge is 0.0979 e. The van der Waals surface area contributed by atoms with Crippen molar-refractivity contribution in [1.29, 1.82) is 0 Å². The van der Waals surface area contributed by atoms with Gasteiger partial charge in [-0.3, -0.25) is 0 Å². The summed E-state index contributed by atoms with van der Waals surface area (Å²) in [7, 11) is 0. The first kappa shape index (κ1) is 26.0. The van der Waals surface area contributed by atoms with E-state index in [9.17, 15) is 0 Å². The molecular formula is C44H25N3S. The van der Waals surface area contributed by atoms with Crippen molar-refractivity contribution in [2.24, 2.45) is 0 Å². The predicted molar refractivity (Wildman–Crippen MR) is 204 cm³/mol. The number of fused-ring (bicyclic) bond motifs is 2. The third-order valence-corrected chi connectivity index (χ3v) is 11.1. The lowest BCUT2D eigenvalue weighted by Gasteiger charge is -2.17. The predicted octanol–water partition coefficient (Wildman–Crippen LogP) is 12.2. The van der Waals surface area contributed by atoms with E-state index >= 15 is 0 Å². The second-order valence-corrected chi connectivity index (χ2v) is 13.6. The van der Waals surface area contributed by atoms with E-state index < -0.39 is 0 Å². The summed E-state index contributed by atoms with van der Waals surface area (Å²) in [5, 5.41) is 10.2. The van der Waals surface area contributed by atoms with Gasteiger partial charge in [0.1, 0.15) is 0 Å². The molecule has 0 unspecified atom stereocenters. The Balaban J connectivity index is 1.27. The molecule has 11 aromatic rings. The Morgan fingerprint density at radius 3 is 1.67 bits per heavy atom. The van der Waals surface area contributed by atoms with Gasteiger partial charge in [0, 0.05) is 47.5 Å². The highest BCUT2D eigenvalue weighted by molar-refractivity contribution is 7.24. The summed E-state index contributed by atoms with van der Waals surface area (Å²) in [6.07, 6.45) is 0. The van der Waals surface area contributed by atoms with E-state index in [1.807, 2.05) is 35.6 Å². The molecule has 48 heavy (non-hydrogen) atoms. The summed E-state index contributed by atoms with van der Waals surface area (Å²) in [5.41, 5.74) is 9.30. The average Bonchev–Trinajstić information content (AvgIpc) is 3.40. The maximum Gasteiger partial charge on any atom is 0.0979 e. The topological polar surface area (TPSA) is 30.7 Å². The van der Waals surface area contributed by atoms with Gasteiger partial charge in [0.05, 0.1) is 39.1 Å². The van der Waals surface area contributed by atoms with E-state index in [0.717, 1.165) is 44.6 Å². The molecule has 0 N–H and O–H groups in total. The second-order valence-electron chi connectivity index (χ2n) is 12.5. The molecule has 0 aliphatic rings. The number of benzene rings is 8. The van der Waals surface area contributed by atoms with Crippen molar-refractivity contribution >= 4 is 85.9 Å². The van der Waals surface area contributed by atoms with Crippen LogP contribution < -0.4 is 0 Å². The van der Waals surface area contributed by atoms with Crippen molar-refractivity contribution in [2.45, 2.75) is 0 Å². The fourth-order valence-electron chi connectivity index (χ4n) is 7.90. The van der Waals surface area contributed by atoms with Gasteiger partial charge >= 0.3 is 0 Å². The number of rotatable bonds is 3. The van der Waals surface area contributed by atoms with Crippen molar-refractivity contribution in [3.8, 4) is 28.2 Å². The van der Waals surface area contributed by atoms with Gasteiger partial charge in [0.15, 0.2) is 0 Å². The summed E-state index contributed by atoms with van der Waals surface area (Å²) in [6, 6.07) is 54.5. The van der Waals surface area contributed by atoms with E-state index in [-0.39, 0.29) is 0 Å². The normalized spacial score (nSPS) is 12.2. The Morgan fingerprint density at radius 1 is 0.417 bits per heavy atom. The zero-order valence-electron chi connectivity index (χ0n) is 25.7. The zero-order chi connectivity index (χ0) is 31.3. The molecular weight excluding hydrogens is 603 g/mol. The lowest BCUT2D eigenvalue weighted by molar-refractivity contribution is 1.20. The van der Waals surface area contributed by atoms with Crippen LogP contribution in [0.5, 0.6) is 0 Å². The maximum atomic E-state index is 5.28. The van der Waals surface area contributed by atoms with Crippen LogP contribution in [0.2, 0.25) is 0 Å². The molecule has 0 amide bonds. The standard InChI is InChI=1S/C44H25N3S/c1-2-10-28(11-3-1)43-44(46-33-17-7-6-16-32(33)45-43)31-22-25-34(30-15-5-4-14-29(30)31)47-35-23-20-26-12-8-18-37-39(26)41(35)42-36(47)24-21-27-13-9-19-38(48-37)40(27)42/h1-25H. The minimum absolute atomic E-state index is 0.889. The molecule has 0 saturated carbocycles. The van der Waals surface area contributed by atoms with Gasteiger partial charge in [0.2, 0.25) is 0 Å². The lowest BCUT2D eigenvalue weighted by Crippen LogP contribution is -1.99. The SMILES string of the molecule is c1ccc(-c2nc3ccccc3nc2-c2ccc(-n3c4ccc5cccc6sc7cccc8ccc3c(c87)c4c56)c3ccccc23)cc1. The minimum atomic E-state index is 0.889. The van der Waals surface area contributed by atoms with Crippen LogP contribution in [0.4, 0.5) is 0 Å². The van der Waals surface area contributed by atoms with Gasteiger partial charge in [-0.1, -0.05) is 103 Å². The Labute approximate surface area is 279 Å². The molecule has 0 aliphatic carbocycles. The Bertz CT molecular complexity index is 2960. The van der Waals surface area contributed by atoms with E-state index in [1.165, 1.54) is 58.1 Å². The van der Waals surface area contributed by atoms with Gasteiger partial charge in [-0.25, -0.2) is 9.97 Å². The third kappa shape index (κ3) is 3.52. The molecule has 3 aromatic heterocycles. The molecule has 3 heterocycles. The number of hydrogen-bond donors (Lipinski definition) is 0. The van der Waals surface area contributed by atoms with Crippen LogP contribution in [0.15, 0.2) is 152 Å². The second kappa shape index (κ2) is 9.71. The van der Waals surface area contributed by atoms with Crippen molar-refractivity contribution in [3.63, 3.8) is 0 Å². The Morgan fingerprint density at radius 2 is 1.00 bits per heavy atom. The highest BCUT2D eigenvalue weighted by Crippen LogP contribution is 2.47. The summed E-state index contributed by atoms with van der Waals surface area (Å²) in [5.74, 6) is 0. The fourth-order valence-corrected chi connectivity index (χ4v) is 9.07. The molecule has 11 rings (SSSR count). The molecule has 0 bridgehead atoms. The number of aromatic nitrogens is 3. The van der Waals surface area contributed by atoms with E-state index in [0.29, 0.717) is 0 Å². The largest absolute Gasteiger partial charge is 0.309 e. The lowest BCUT2D eigenvalue weighted by atomic mass is 9.96. The fraction of sp³-hybridized carbons (Fsp3) is 0. The van der Waals surface area contributed by atoms with Crippen LogP contribution in [-0.4, -0.2) is 14.5 Å². The van der Waals surface area contributed by atoms with Crippen LogP contribution in [-0.2, 0) is 0 Å². The van der Waals surface area contributed by atoms with Gasteiger partial charge < -0.3 is 4.57 Å². The van der Waals surface area contributed by atoms with Gasteiger partial charge in [-0.05, 0) is 64.7 Å². The highest BCUT2D eigenvalue weighted by atomic mass is 32.1. The minimum Gasteiger partial charge on any atom is -0.309 e. The Hall–Kier alpha value is -6.10. The number of para-hydroxylation sites is 2. The molecule has 222 valence electrons. The van der Waals surface area contributed by atoms with E-state index in [2.05, 4.69) is 132 Å².